The Morgan fingerprint density at radius 1 is 1.46 bits per heavy atom. The Kier molecular flexibility index (Phi) is 3.79. The number of halogens is 1. The highest BCUT2D eigenvalue weighted by Crippen LogP contribution is 2.19. The second kappa shape index (κ2) is 4.66. The van der Waals surface area contributed by atoms with Crippen LogP contribution in [-0.2, 0) is 9.53 Å². The van der Waals surface area contributed by atoms with Crippen molar-refractivity contribution in [3.8, 4) is 0 Å². The number of carbonyl (C=O) groups is 1. The summed E-state index contributed by atoms with van der Waals surface area (Å²) in [4.78, 5) is 11.2. The predicted molar refractivity (Wildman–Crippen MR) is 52.7 cm³/mol. The van der Waals surface area contributed by atoms with Gasteiger partial charge >= 0.3 is 5.97 Å². The maximum absolute atomic E-state index is 11.2. The molecule has 3 heteroatoms. The molecule has 2 nitrogen and oxygen atoms in total. The Balaban J connectivity index is 2.38. The van der Waals surface area contributed by atoms with Gasteiger partial charge in [0, 0.05) is 0 Å². The van der Waals surface area contributed by atoms with Gasteiger partial charge in [0.25, 0.3) is 0 Å². The van der Waals surface area contributed by atoms with Crippen molar-refractivity contribution in [2.75, 3.05) is 0 Å². The first-order valence-corrected chi connectivity index (χ1v) is 5.06. The van der Waals surface area contributed by atoms with Gasteiger partial charge in [0.15, 0.2) is 0 Å². The smallest absolute Gasteiger partial charge is 0.308 e. The van der Waals surface area contributed by atoms with E-state index in [1.54, 1.807) is 0 Å². The Hall–Kier alpha value is -0.500. The molecule has 0 amide bonds. The lowest BCUT2D eigenvalue weighted by Gasteiger charge is -2.20. The van der Waals surface area contributed by atoms with E-state index in [0.29, 0.717) is 0 Å². The van der Waals surface area contributed by atoms with Gasteiger partial charge in [0.2, 0.25) is 0 Å². The number of hydrogen-bond acceptors (Lipinski definition) is 2. The number of alkyl halides is 1. The highest BCUT2D eigenvalue weighted by molar-refractivity contribution is 6.21. The second-order valence-corrected chi connectivity index (χ2v) is 4.17. The zero-order valence-electron chi connectivity index (χ0n) is 8.00. The summed E-state index contributed by atoms with van der Waals surface area (Å²) in [5.41, 5.74) is 0. The van der Waals surface area contributed by atoms with Gasteiger partial charge in [-0.2, -0.15) is 0 Å². The molecular formula is C10H15ClO2. The minimum atomic E-state index is -0.136. The highest BCUT2D eigenvalue weighted by Gasteiger charge is 2.18. The normalized spacial score (nSPS) is 27.7. The molecular weight excluding hydrogens is 188 g/mol. The van der Waals surface area contributed by atoms with Gasteiger partial charge in [0.1, 0.15) is 6.10 Å². The van der Waals surface area contributed by atoms with E-state index in [-0.39, 0.29) is 23.4 Å². The van der Waals surface area contributed by atoms with E-state index in [9.17, 15) is 4.79 Å². The van der Waals surface area contributed by atoms with Crippen LogP contribution in [0.1, 0.15) is 26.7 Å². The summed E-state index contributed by atoms with van der Waals surface area (Å²) in [6.45, 7) is 3.67. The fraction of sp³-hybridized carbons (Fsp3) is 0.700. The van der Waals surface area contributed by atoms with Gasteiger partial charge in [-0.05, 0) is 18.9 Å². The summed E-state index contributed by atoms with van der Waals surface area (Å²) >= 11 is 5.85. The van der Waals surface area contributed by atoms with Crippen molar-refractivity contribution in [2.24, 2.45) is 5.92 Å². The van der Waals surface area contributed by atoms with Crippen LogP contribution in [0.5, 0.6) is 0 Å². The molecule has 0 aliphatic heterocycles. The van der Waals surface area contributed by atoms with Crippen LogP contribution in [0.15, 0.2) is 12.2 Å². The van der Waals surface area contributed by atoms with Crippen molar-refractivity contribution in [3.05, 3.63) is 12.2 Å². The molecule has 0 aromatic heterocycles. The molecule has 0 heterocycles. The van der Waals surface area contributed by atoms with Crippen LogP contribution in [0, 0.1) is 5.92 Å². The van der Waals surface area contributed by atoms with Gasteiger partial charge < -0.3 is 4.74 Å². The first-order chi connectivity index (χ1) is 6.09. The van der Waals surface area contributed by atoms with Crippen LogP contribution < -0.4 is 0 Å². The molecule has 0 spiro atoms. The van der Waals surface area contributed by atoms with Gasteiger partial charge in [-0.15, -0.1) is 11.6 Å². The molecule has 1 rings (SSSR count). The molecule has 0 saturated carbocycles. The summed E-state index contributed by atoms with van der Waals surface area (Å²) in [5, 5.41) is 0.106. The molecule has 0 unspecified atom stereocenters. The number of rotatable bonds is 2. The zero-order valence-corrected chi connectivity index (χ0v) is 8.75. The molecule has 0 fully saturated rings. The van der Waals surface area contributed by atoms with E-state index in [2.05, 4.69) is 0 Å². The Bertz CT molecular complexity index is 211. The van der Waals surface area contributed by atoms with Gasteiger partial charge in [-0.3, -0.25) is 4.79 Å². The number of esters is 1. The molecule has 0 bridgehead atoms. The third-order valence-electron chi connectivity index (χ3n) is 2.00. The van der Waals surface area contributed by atoms with Crippen LogP contribution in [0.2, 0.25) is 0 Å². The average Bonchev–Trinajstić information content (AvgIpc) is 2.08. The largest absolute Gasteiger partial charge is 0.458 e. The Morgan fingerprint density at radius 2 is 2.15 bits per heavy atom. The minimum absolute atomic E-state index is 0.0536. The standard InChI is InChI=1S/C10H15ClO2/c1-7(2)10(12)13-9-5-3-8(11)4-6-9/h3,5,7-9H,4,6H2,1-2H3/t8-,9+/m0/s1. The molecule has 13 heavy (non-hydrogen) atoms. The Labute approximate surface area is 83.9 Å². The van der Waals surface area contributed by atoms with E-state index in [0.717, 1.165) is 12.8 Å². The summed E-state index contributed by atoms with van der Waals surface area (Å²) in [6.07, 6.45) is 5.42. The summed E-state index contributed by atoms with van der Waals surface area (Å²) in [6, 6.07) is 0. The van der Waals surface area contributed by atoms with E-state index in [4.69, 9.17) is 16.3 Å². The topological polar surface area (TPSA) is 26.3 Å². The quantitative estimate of drug-likeness (QED) is 0.391. The fourth-order valence-electron chi connectivity index (χ4n) is 1.14. The van der Waals surface area contributed by atoms with Gasteiger partial charge in [-0.25, -0.2) is 0 Å². The lowest BCUT2D eigenvalue weighted by atomic mass is 10.0. The van der Waals surface area contributed by atoms with Crippen molar-refractivity contribution in [1.29, 1.82) is 0 Å². The first-order valence-electron chi connectivity index (χ1n) is 4.62. The summed E-state index contributed by atoms with van der Waals surface area (Å²) < 4.78 is 5.22. The average molecular weight is 203 g/mol. The highest BCUT2D eigenvalue weighted by atomic mass is 35.5. The van der Waals surface area contributed by atoms with Crippen molar-refractivity contribution in [1.82, 2.24) is 0 Å². The van der Waals surface area contributed by atoms with Crippen molar-refractivity contribution in [2.45, 2.75) is 38.2 Å². The van der Waals surface area contributed by atoms with Crippen molar-refractivity contribution >= 4 is 17.6 Å². The second-order valence-electron chi connectivity index (χ2n) is 3.61. The number of allylic oxidation sites excluding steroid dienone is 1. The van der Waals surface area contributed by atoms with Gasteiger partial charge in [0.05, 0.1) is 11.3 Å². The molecule has 74 valence electrons. The molecule has 0 radical (unpaired) electrons. The lowest BCUT2D eigenvalue weighted by molar-refractivity contribution is -0.151. The van der Waals surface area contributed by atoms with E-state index < -0.39 is 0 Å². The molecule has 0 saturated heterocycles. The zero-order chi connectivity index (χ0) is 9.84. The SMILES string of the molecule is CC(C)C(=O)O[C@@H]1C=C[C@H](Cl)CC1. The fourth-order valence-corrected chi connectivity index (χ4v) is 1.35. The summed E-state index contributed by atoms with van der Waals surface area (Å²) in [5.74, 6) is -0.190. The maximum atomic E-state index is 11.2. The molecule has 2 atom stereocenters. The van der Waals surface area contributed by atoms with Crippen LogP contribution in [0.3, 0.4) is 0 Å². The monoisotopic (exact) mass is 202 g/mol. The molecule has 0 N–H and O–H groups in total. The molecule has 0 aromatic rings. The third kappa shape index (κ3) is 3.39. The van der Waals surface area contributed by atoms with Crippen LogP contribution >= 0.6 is 11.6 Å². The van der Waals surface area contributed by atoms with Crippen LogP contribution in [0.4, 0.5) is 0 Å². The third-order valence-corrected chi connectivity index (χ3v) is 2.36. The van der Waals surface area contributed by atoms with E-state index in [1.165, 1.54) is 0 Å². The van der Waals surface area contributed by atoms with Crippen molar-refractivity contribution in [3.63, 3.8) is 0 Å². The lowest BCUT2D eigenvalue weighted by Crippen LogP contribution is -2.23. The molecule has 1 aliphatic carbocycles. The number of hydrogen-bond donors (Lipinski definition) is 0. The van der Waals surface area contributed by atoms with Crippen LogP contribution in [-0.4, -0.2) is 17.5 Å². The van der Waals surface area contributed by atoms with E-state index in [1.807, 2.05) is 26.0 Å². The first kappa shape index (κ1) is 10.6. The molecule has 0 aromatic carbocycles. The predicted octanol–water partition coefficient (Wildman–Crippen LogP) is 2.51. The van der Waals surface area contributed by atoms with E-state index >= 15 is 0 Å². The molecule has 1 aliphatic rings. The van der Waals surface area contributed by atoms with Crippen LogP contribution in [0.25, 0.3) is 0 Å². The Morgan fingerprint density at radius 3 is 2.62 bits per heavy atom. The maximum Gasteiger partial charge on any atom is 0.308 e. The number of carbonyl (C=O) groups excluding carboxylic acids is 1. The minimum Gasteiger partial charge on any atom is -0.458 e. The van der Waals surface area contributed by atoms with Gasteiger partial charge in [-0.1, -0.05) is 19.9 Å². The number of ether oxygens (including phenoxy) is 1. The van der Waals surface area contributed by atoms with Crippen molar-refractivity contribution < 1.29 is 9.53 Å². The summed E-state index contributed by atoms with van der Waals surface area (Å²) in [7, 11) is 0.